The summed E-state index contributed by atoms with van der Waals surface area (Å²) in [5, 5.41) is 3.16. The van der Waals surface area contributed by atoms with Crippen LogP contribution in [0.1, 0.15) is 32.3 Å². The van der Waals surface area contributed by atoms with E-state index in [1.165, 1.54) is 18.4 Å². The summed E-state index contributed by atoms with van der Waals surface area (Å²) in [5.74, 6) is 2.96. The monoisotopic (exact) mass is 234 g/mol. The van der Waals surface area contributed by atoms with Gasteiger partial charge in [0.25, 0.3) is 0 Å². The molecule has 0 aliphatic heterocycles. The molecule has 1 fully saturated rings. The second-order valence-electron chi connectivity index (χ2n) is 4.61. The van der Waals surface area contributed by atoms with Crippen LogP contribution in [-0.4, -0.2) is 30.1 Å². The topological polar surface area (TPSA) is 41.1 Å². The Hall–Kier alpha value is -1.32. The molecule has 94 valence electrons. The number of hydrogen-bond acceptors (Lipinski definition) is 4. The molecule has 0 amide bonds. The van der Waals surface area contributed by atoms with Gasteiger partial charge in [-0.15, -0.1) is 0 Å². The molecule has 0 unspecified atom stereocenters. The smallest absolute Gasteiger partial charge is 0.137 e. The highest BCUT2D eigenvalue weighted by atomic mass is 15.2. The second kappa shape index (κ2) is 5.34. The average molecular weight is 234 g/mol. The Bertz CT molecular complexity index is 374. The van der Waals surface area contributed by atoms with Crippen molar-refractivity contribution >= 4 is 11.6 Å². The van der Waals surface area contributed by atoms with Crippen LogP contribution in [0.3, 0.4) is 0 Å². The van der Waals surface area contributed by atoms with Gasteiger partial charge in [-0.3, -0.25) is 0 Å². The largest absolute Gasteiger partial charge is 0.373 e. The number of nitrogens with zero attached hydrogens (tertiary/aromatic N) is 3. The highest BCUT2D eigenvalue weighted by molar-refractivity contribution is 5.58. The molecule has 0 spiro atoms. The van der Waals surface area contributed by atoms with Crippen molar-refractivity contribution in [3.8, 4) is 0 Å². The van der Waals surface area contributed by atoms with Crippen LogP contribution in [0.2, 0.25) is 0 Å². The van der Waals surface area contributed by atoms with Gasteiger partial charge in [-0.25, -0.2) is 9.97 Å². The molecule has 4 heteroatoms. The molecule has 1 aromatic heterocycles. The lowest BCUT2D eigenvalue weighted by Gasteiger charge is -2.24. The van der Waals surface area contributed by atoms with E-state index in [1.54, 1.807) is 6.33 Å². The first-order valence-electron chi connectivity index (χ1n) is 6.56. The molecule has 17 heavy (non-hydrogen) atoms. The third kappa shape index (κ3) is 2.68. The number of rotatable bonds is 6. The summed E-state index contributed by atoms with van der Waals surface area (Å²) >= 11 is 0. The lowest BCUT2D eigenvalue weighted by atomic mass is 10.2. The highest BCUT2D eigenvalue weighted by Crippen LogP contribution is 2.32. The minimum atomic E-state index is 0.882. The predicted molar refractivity (Wildman–Crippen MR) is 71.6 cm³/mol. The fourth-order valence-corrected chi connectivity index (χ4v) is 2.19. The SMILES string of the molecule is CCc1c(NC)ncnc1N(CC)CC1CC1. The summed E-state index contributed by atoms with van der Waals surface area (Å²) < 4.78 is 0. The lowest BCUT2D eigenvalue weighted by molar-refractivity contribution is 0.725. The van der Waals surface area contributed by atoms with Crippen LogP contribution in [0.5, 0.6) is 0 Å². The van der Waals surface area contributed by atoms with E-state index in [2.05, 4.69) is 34.0 Å². The van der Waals surface area contributed by atoms with Gasteiger partial charge >= 0.3 is 0 Å². The van der Waals surface area contributed by atoms with Gasteiger partial charge in [0, 0.05) is 25.7 Å². The molecular weight excluding hydrogens is 212 g/mol. The molecule has 1 aromatic rings. The van der Waals surface area contributed by atoms with Gasteiger partial charge in [-0.05, 0) is 32.1 Å². The van der Waals surface area contributed by atoms with E-state index in [4.69, 9.17) is 0 Å². The molecule has 1 heterocycles. The zero-order valence-corrected chi connectivity index (χ0v) is 11.0. The molecule has 0 atom stereocenters. The average Bonchev–Trinajstić information content (AvgIpc) is 3.18. The van der Waals surface area contributed by atoms with Gasteiger partial charge in [0.05, 0.1) is 0 Å². The summed E-state index contributed by atoms with van der Waals surface area (Å²) in [7, 11) is 1.92. The Morgan fingerprint density at radius 3 is 2.65 bits per heavy atom. The molecule has 1 saturated carbocycles. The van der Waals surface area contributed by atoms with Crippen LogP contribution in [0, 0.1) is 5.92 Å². The van der Waals surface area contributed by atoms with Crippen LogP contribution < -0.4 is 10.2 Å². The molecular formula is C13H22N4. The molecule has 0 bridgehead atoms. The van der Waals surface area contributed by atoms with Gasteiger partial charge in [0.15, 0.2) is 0 Å². The van der Waals surface area contributed by atoms with Crippen LogP contribution in [-0.2, 0) is 6.42 Å². The molecule has 1 N–H and O–H groups in total. The molecule has 1 aliphatic rings. The summed E-state index contributed by atoms with van der Waals surface area (Å²) in [6, 6.07) is 0. The first-order chi connectivity index (χ1) is 8.30. The summed E-state index contributed by atoms with van der Waals surface area (Å²) in [6.07, 6.45) is 5.38. The maximum Gasteiger partial charge on any atom is 0.137 e. The van der Waals surface area contributed by atoms with Crippen molar-refractivity contribution in [3.63, 3.8) is 0 Å². The maximum atomic E-state index is 4.48. The summed E-state index contributed by atoms with van der Waals surface area (Å²) in [6.45, 7) is 6.52. The van der Waals surface area contributed by atoms with Crippen molar-refractivity contribution in [2.24, 2.45) is 5.92 Å². The molecule has 4 nitrogen and oxygen atoms in total. The maximum absolute atomic E-state index is 4.48. The quantitative estimate of drug-likeness (QED) is 0.820. The third-order valence-electron chi connectivity index (χ3n) is 3.37. The van der Waals surface area contributed by atoms with Crippen molar-refractivity contribution in [1.29, 1.82) is 0 Å². The van der Waals surface area contributed by atoms with Crippen LogP contribution >= 0.6 is 0 Å². The first kappa shape index (κ1) is 12.1. The summed E-state index contributed by atoms with van der Waals surface area (Å²) in [4.78, 5) is 11.2. The minimum Gasteiger partial charge on any atom is -0.373 e. The Morgan fingerprint density at radius 2 is 2.12 bits per heavy atom. The van der Waals surface area contributed by atoms with Crippen molar-refractivity contribution in [3.05, 3.63) is 11.9 Å². The van der Waals surface area contributed by atoms with Gasteiger partial charge < -0.3 is 10.2 Å². The minimum absolute atomic E-state index is 0.882. The Kier molecular flexibility index (Phi) is 3.82. The molecule has 0 aromatic carbocycles. The highest BCUT2D eigenvalue weighted by Gasteiger charge is 2.25. The van der Waals surface area contributed by atoms with E-state index in [1.807, 2.05) is 7.05 Å². The van der Waals surface area contributed by atoms with Gasteiger partial charge in [0.1, 0.15) is 18.0 Å². The van der Waals surface area contributed by atoms with Gasteiger partial charge in [0.2, 0.25) is 0 Å². The second-order valence-corrected chi connectivity index (χ2v) is 4.61. The number of aromatic nitrogens is 2. The fourth-order valence-electron chi connectivity index (χ4n) is 2.19. The number of hydrogen-bond donors (Lipinski definition) is 1. The normalized spacial score (nSPS) is 14.8. The summed E-state index contributed by atoms with van der Waals surface area (Å²) in [5.41, 5.74) is 1.23. The van der Waals surface area contributed by atoms with E-state index in [9.17, 15) is 0 Å². The third-order valence-corrected chi connectivity index (χ3v) is 3.37. The first-order valence-corrected chi connectivity index (χ1v) is 6.56. The number of nitrogens with one attached hydrogen (secondary N) is 1. The fraction of sp³-hybridized carbons (Fsp3) is 0.692. The van der Waals surface area contributed by atoms with Gasteiger partial charge in [-0.1, -0.05) is 6.92 Å². The van der Waals surface area contributed by atoms with Crippen LogP contribution in [0.25, 0.3) is 0 Å². The van der Waals surface area contributed by atoms with E-state index in [0.29, 0.717) is 0 Å². The van der Waals surface area contributed by atoms with Gasteiger partial charge in [-0.2, -0.15) is 0 Å². The van der Waals surface area contributed by atoms with Crippen LogP contribution in [0.4, 0.5) is 11.6 Å². The van der Waals surface area contributed by atoms with E-state index in [0.717, 1.165) is 37.1 Å². The Morgan fingerprint density at radius 1 is 1.35 bits per heavy atom. The van der Waals surface area contributed by atoms with E-state index >= 15 is 0 Å². The van der Waals surface area contributed by atoms with E-state index < -0.39 is 0 Å². The van der Waals surface area contributed by atoms with Crippen molar-refractivity contribution in [2.75, 3.05) is 30.4 Å². The molecule has 2 rings (SSSR count). The van der Waals surface area contributed by atoms with Crippen molar-refractivity contribution in [2.45, 2.75) is 33.1 Å². The molecule has 0 radical (unpaired) electrons. The van der Waals surface area contributed by atoms with Crippen molar-refractivity contribution in [1.82, 2.24) is 9.97 Å². The number of anilines is 2. The zero-order valence-electron chi connectivity index (χ0n) is 11.0. The standard InChI is InChI=1S/C13H22N4/c1-4-11-12(14-3)15-9-16-13(11)17(5-2)8-10-6-7-10/h9-10H,4-8H2,1-3H3,(H,14,15,16). The molecule has 1 aliphatic carbocycles. The Balaban J connectivity index is 2.27. The Labute approximate surface area is 103 Å². The lowest BCUT2D eigenvalue weighted by Crippen LogP contribution is -2.27. The molecule has 0 saturated heterocycles. The van der Waals surface area contributed by atoms with Crippen molar-refractivity contribution < 1.29 is 0 Å². The van der Waals surface area contributed by atoms with Crippen LogP contribution in [0.15, 0.2) is 6.33 Å². The van der Waals surface area contributed by atoms with E-state index in [-0.39, 0.29) is 0 Å². The zero-order chi connectivity index (χ0) is 12.3. The predicted octanol–water partition coefficient (Wildman–Crippen LogP) is 2.32.